The molecule has 0 N–H and O–H groups in total. The van der Waals surface area contributed by atoms with Crippen molar-refractivity contribution in [2.75, 3.05) is 20.3 Å². The van der Waals surface area contributed by atoms with Gasteiger partial charge in [-0.2, -0.15) is 9.65 Å². The zero-order chi connectivity index (χ0) is 12.4. The maximum Gasteiger partial charge on any atom is 0.251 e. The van der Waals surface area contributed by atoms with Crippen molar-refractivity contribution in [1.29, 1.82) is 5.26 Å². The fourth-order valence-corrected chi connectivity index (χ4v) is 0.848. The van der Waals surface area contributed by atoms with Gasteiger partial charge in [-0.25, -0.2) is 4.99 Å². The molecular formula is C10H12ClFN2O2. The maximum atomic E-state index is 13.5. The molecule has 0 aromatic carbocycles. The number of ether oxygens (including phenoxy) is 2. The van der Waals surface area contributed by atoms with Crippen LogP contribution in [0.4, 0.5) is 4.39 Å². The van der Waals surface area contributed by atoms with Crippen LogP contribution in [0.15, 0.2) is 27.8 Å². The van der Waals surface area contributed by atoms with Crippen LogP contribution in [-0.4, -0.2) is 26.5 Å². The van der Waals surface area contributed by atoms with Gasteiger partial charge >= 0.3 is 0 Å². The standard InChI is InChI=1S/C10H12ClFN2O2/c1-3-14-10(16-7-6-15-2)9(12)8(11)4-5-13/h3-4H,6-7H2,1-2H3/b8-4-,10-9-,14-3-. The quantitative estimate of drug-likeness (QED) is 0.238. The molecule has 0 aromatic rings. The highest BCUT2D eigenvalue weighted by molar-refractivity contribution is 6.31. The van der Waals surface area contributed by atoms with Crippen molar-refractivity contribution >= 4 is 17.8 Å². The van der Waals surface area contributed by atoms with Crippen LogP contribution in [0, 0.1) is 11.3 Å². The summed E-state index contributed by atoms with van der Waals surface area (Å²) in [5.41, 5.74) is 0. The highest BCUT2D eigenvalue weighted by Crippen LogP contribution is 2.21. The molecule has 0 fully saturated rings. The number of allylic oxidation sites excluding steroid dienone is 3. The van der Waals surface area contributed by atoms with Gasteiger partial charge in [0.2, 0.25) is 5.83 Å². The molecule has 16 heavy (non-hydrogen) atoms. The second-order valence-electron chi connectivity index (χ2n) is 2.47. The minimum absolute atomic E-state index is 0.146. The van der Waals surface area contributed by atoms with Crippen LogP contribution < -0.4 is 0 Å². The molecule has 4 nitrogen and oxygen atoms in total. The Labute approximate surface area is 98.6 Å². The lowest BCUT2D eigenvalue weighted by atomic mass is 10.4. The first-order valence-corrected chi connectivity index (χ1v) is 4.81. The third kappa shape index (κ3) is 5.49. The third-order valence-electron chi connectivity index (χ3n) is 1.36. The van der Waals surface area contributed by atoms with E-state index in [-0.39, 0.29) is 17.5 Å². The zero-order valence-corrected chi connectivity index (χ0v) is 9.79. The van der Waals surface area contributed by atoms with E-state index in [2.05, 4.69) is 4.99 Å². The average molecular weight is 247 g/mol. The third-order valence-corrected chi connectivity index (χ3v) is 1.64. The van der Waals surface area contributed by atoms with Gasteiger partial charge < -0.3 is 9.47 Å². The SMILES string of the molecule is C\C=N/C(OCCOC)=C(F)\C(Cl)=C\C#N. The number of halogens is 2. The number of nitrogens with zero attached hydrogens (tertiary/aromatic N) is 2. The molecule has 0 aliphatic carbocycles. The number of hydrogen-bond donors (Lipinski definition) is 0. The fraction of sp³-hybridized carbons (Fsp3) is 0.400. The van der Waals surface area contributed by atoms with Crippen molar-refractivity contribution in [2.45, 2.75) is 6.92 Å². The van der Waals surface area contributed by atoms with E-state index in [4.69, 9.17) is 26.3 Å². The van der Waals surface area contributed by atoms with E-state index >= 15 is 0 Å². The predicted molar refractivity (Wildman–Crippen MR) is 59.7 cm³/mol. The fourth-order valence-electron chi connectivity index (χ4n) is 0.718. The van der Waals surface area contributed by atoms with Gasteiger partial charge in [0.25, 0.3) is 5.88 Å². The zero-order valence-electron chi connectivity index (χ0n) is 9.04. The van der Waals surface area contributed by atoms with Gasteiger partial charge in [-0.3, -0.25) is 0 Å². The van der Waals surface area contributed by atoms with Gasteiger partial charge in [0.1, 0.15) is 6.61 Å². The molecule has 0 saturated heterocycles. The summed E-state index contributed by atoms with van der Waals surface area (Å²) in [6, 6.07) is 1.61. The smallest absolute Gasteiger partial charge is 0.251 e. The summed E-state index contributed by atoms with van der Waals surface area (Å²) in [5.74, 6) is -1.14. The molecule has 0 atom stereocenters. The molecule has 0 spiro atoms. The number of methoxy groups -OCH3 is 1. The molecule has 0 saturated carbocycles. The van der Waals surface area contributed by atoms with E-state index in [9.17, 15) is 4.39 Å². The minimum atomic E-state index is -0.877. The topological polar surface area (TPSA) is 54.6 Å². The highest BCUT2D eigenvalue weighted by atomic mass is 35.5. The molecule has 0 amide bonds. The number of hydrogen-bond acceptors (Lipinski definition) is 4. The maximum absolute atomic E-state index is 13.5. The van der Waals surface area contributed by atoms with Crippen molar-refractivity contribution < 1.29 is 13.9 Å². The largest absolute Gasteiger partial charge is 0.473 e. The number of nitriles is 1. The molecular weight excluding hydrogens is 235 g/mol. The van der Waals surface area contributed by atoms with Crippen LogP contribution in [0.5, 0.6) is 0 Å². The van der Waals surface area contributed by atoms with E-state index < -0.39 is 5.83 Å². The van der Waals surface area contributed by atoms with Crippen molar-refractivity contribution in [3.05, 3.63) is 22.8 Å². The van der Waals surface area contributed by atoms with Crippen LogP contribution in [0.25, 0.3) is 0 Å². The molecule has 0 aromatic heterocycles. The molecule has 0 aliphatic heterocycles. The minimum Gasteiger partial charge on any atom is -0.473 e. The van der Waals surface area contributed by atoms with Crippen LogP contribution in [0.3, 0.4) is 0 Å². The Hall–Kier alpha value is -1.38. The Balaban J connectivity index is 4.79. The summed E-state index contributed by atoms with van der Waals surface area (Å²) in [6.45, 7) is 2.05. The molecule has 0 bridgehead atoms. The average Bonchev–Trinajstić information content (AvgIpc) is 2.27. The van der Waals surface area contributed by atoms with Gasteiger partial charge in [0, 0.05) is 19.4 Å². The summed E-state index contributed by atoms with van der Waals surface area (Å²) >= 11 is 5.50. The highest BCUT2D eigenvalue weighted by Gasteiger charge is 2.10. The Morgan fingerprint density at radius 2 is 2.25 bits per heavy atom. The normalized spacial score (nSPS) is 13.6. The van der Waals surface area contributed by atoms with E-state index in [0.29, 0.717) is 6.61 Å². The second-order valence-corrected chi connectivity index (χ2v) is 2.88. The van der Waals surface area contributed by atoms with Crippen LogP contribution >= 0.6 is 11.6 Å². The van der Waals surface area contributed by atoms with Gasteiger partial charge in [-0.15, -0.1) is 0 Å². The lowest BCUT2D eigenvalue weighted by Gasteiger charge is -2.06. The van der Waals surface area contributed by atoms with Crippen LogP contribution in [0.1, 0.15) is 6.92 Å². The van der Waals surface area contributed by atoms with Crippen LogP contribution in [-0.2, 0) is 9.47 Å². The molecule has 0 rings (SSSR count). The van der Waals surface area contributed by atoms with Gasteiger partial charge in [-0.1, -0.05) is 11.6 Å². The predicted octanol–water partition coefficient (Wildman–Crippen LogP) is 2.52. The first-order valence-electron chi connectivity index (χ1n) is 4.43. The van der Waals surface area contributed by atoms with Crippen molar-refractivity contribution in [1.82, 2.24) is 0 Å². The second kappa shape index (κ2) is 8.89. The summed E-state index contributed by atoms with van der Waals surface area (Å²) in [4.78, 5) is 3.67. The molecule has 88 valence electrons. The van der Waals surface area contributed by atoms with E-state index in [1.807, 2.05) is 0 Å². The molecule has 0 radical (unpaired) electrons. The Kier molecular flexibility index (Phi) is 8.12. The Morgan fingerprint density at radius 1 is 1.56 bits per heavy atom. The van der Waals surface area contributed by atoms with Gasteiger partial charge in [0.15, 0.2) is 0 Å². The lowest BCUT2D eigenvalue weighted by Crippen LogP contribution is -2.02. The monoisotopic (exact) mass is 246 g/mol. The lowest BCUT2D eigenvalue weighted by molar-refractivity contribution is 0.106. The van der Waals surface area contributed by atoms with E-state index in [1.54, 1.807) is 13.0 Å². The van der Waals surface area contributed by atoms with E-state index in [0.717, 1.165) is 6.08 Å². The molecule has 0 unspecified atom stereocenters. The summed E-state index contributed by atoms with van der Waals surface area (Å²) in [5, 5.41) is 7.97. The van der Waals surface area contributed by atoms with Crippen molar-refractivity contribution in [2.24, 2.45) is 4.99 Å². The molecule has 0 aliphatic rings. The first-order chi connectivity index (χ1) is 7.67. The van der Waals surface area contributed by atoms with Crippen LogP contribution in [0.2, 0.25) is 0 Å². The molecule has 6 heteroatoms. The van der Waals surface area contributed by atoms with Gasteiger partial charge in [-0.05, 0) is 6.92 Å². The van der Waals surface area contributed by atoms with Crippen molar-refractivity contribution in [3.8, 4) is 6.07 Å². The summed E-state index contributed by atoms with van der Waals surface area (Å²) < 4.78 is 23.2. The number of rotatable bonds is 6. The number of aliphatic imine (C=N–C) groups is 1. The Bertz CT molecular complexity index is 345. The van der Waals surface area contributed by atoms with Crippen molar-refractivity contribution in [3.63, 3.8) is 0 Å². The molecule has 0 heterocycles. The van der Waals surface area contributed by atoms with E-state index in [1.165, 1.54) is 13.3 Å². The first kappa shape index (κ1) is 14.6. The Morgan fingerprint density at radius 3 is 2.75 bits per heavy atom. The summed E-state index contributed by atoms with van der Waals surface area (Å²) in [6.07, 6.45) is 2.22. The summed E-state index contributed by atoms with van der Waals surface area (Å²) in [7, 11) is 1.49. The van der Waals surface area contributed by atoms with Gasteiger partial charge in [0.05, 0.1) is 17.7 Å².